The topological polar surface area (TPSA) is 66.8 Å². The van der Waals surface area contributed by atoms with Crippen LogP contribution in [0.2, 0.25) is 0 Å². The Morgan fingerprint density at radius 2 is 1.86 bits per heavy atom. The Morgan fingerprint density at radius 3 is 2.21 bits per heavy atom. The van der Waals surface area contributed by atoms with Crippen LogP contribution >= 0.6 is 7.82 Å². The van der Waals surface area contributed by atoms with Crippen molar-refractivity contribution in [3.05, 3.63) is 0 Å². The van der Waals surface area contributed by atoms with Crippen molar-refractivity contribution < 1.29 is 35.9 Å². The van der Waals surface area contributed by atoms with Crippen LogP contribution in [0.25, 0.3) is 0 Å². The van der Waals surface area contributed by atoms with Gasteiger partial charge in [0.2, 0.25) is 0 Å². The molecule has 0 rings (SSSR count). The van der Waals surface area contributed by atoms with Gasteiger partial charge in [0, 0.05) is 17.1 Å². The number of phosphoric acid groups is 1. The Bertz CT molecular complexity index is 171. The van der Waals surface area contributed by atoms with Gasteiger partial charge in [0.1, 0.15) is 0 Å². The van der Waals surface area contributed by atoms with Gasteiger partial charge in [-0.05, 0) is 12.8 Å². The van der Waals surface area contributed by atoms with E-state index in [2.05, 4.69) is 11.4 Å². The molecule has 1 radical (unpaired) electrons. The fraction of sp³-hybridized carbons (Fsp3) is 1.00. The summed E-state index contributed by atoms with van der Waals surface area (Å²) in [7, 11) is -4.29. The maximum absolute atomic E-state index is 10.5. The molecular formula is C8H19CuO4P. The predicted molar refractivity (Wildman–Crippen MR) is 51.4 cm³/mol. The molecule has 0 aromatic carbocycles. The van der Waals surface area contributed by atoms with Crippen molar-refractivity contribution in [2.75, 3.05) is 0 Å². The molecule has 0 saturated heterocycles. The average Bonchev–Trinajstić information content (AvgIpc) is 2.01. The molecule has 91 valence electrons. The first-order valence-electron chi connectivity index (χ1n) is 4.73. The SMILES string of the molecule is CCCCCC(CC)OP(=O)(O)O.[Cu]. The van der Waals surface area contributed by atoms with Crippen molar-refractivity contribution in [2.24, 2.45) is 0 Å². The minimum atomic E-state index is -4.29. The van der Waals surface area contributed by atoms with Crippen molar-refractivity contribution >= 4 is 7.82 Å². The molecule has 0 spiro atoms. The molecule has 0 aliphatic heterocycles. The number of phosphoric ester groups is 1. The van der Waals surface area contributed by atoms with E-state index < -0.39 is 7.82 Å². The van der Waals surface area contributed by atoms with Crippen LogP contribution < -0.4 is 0 Å². The molecule has 0 fully saturated rings. The van der Waals surface area contributed by atoms with Gasteiger partial charge in [-0.3, -0.25) is 4.52 Å². The van der Waals surface area contributed by atoms with Gasteiger partial charge < -0.3 is 9.79 Å². The van der Waals surface area contributed by atoms with Gasteiger partial charge in [-0.1, -0.05) is 33.1 Å². The van der Waals surface area contributed by atoms with Crippen molar-refractivity contribution in [2.45, 2.75) is 52.1 Å². The summed E-state index contributed by atoms with van der Waals surface area (Å²) in [5.74, 6) is 0. The first-order chi connectivity index (χ1) is 5.99. The molecule has 6 heteroatoms. The number of hydrogen-bond donors (Lipinski definition) is 2. The average molecular weight is 274 g/mol. The largest absolute Gasteiger partial charge is 0.469 e. The van der Waals surface area contributed by atoms with Crippen LogP contribution in [0.15, 0.2) is 0 Å². The second-order valence-corrected chi connectivity index (χ2v) is 4.31. The molecule has 14 heavy (non-hydrogen) atoms. The van der Waals surface area contributed by atoms with Gasteiger partial charge in [-0.15, -0.1) is 0 Å². The predicted octanol–water partition coefficient (Wildman–Crippen LogP) is 2.45. The molecule has 0 bridgehead atoms. The van der Waals surface area contributed by atoms with Gasteiger partial charge in [0.15, 0.2) is 0 Å². The van der Waals surface area contributed by atoms with E-state index in [1.165, 1.54) is 0 Å². The summed E-state index contributed by atoms with van der Waals surface area (Å²) in [6.45, 7) is 3.96. The minimum absolute atomic E-state index is 0. The van der Waals surface area contributed by atoms with Crippen molar-refractivity contribution in [1.82, 2.24) is 0 Å². The molecule has 0 aliphatic carbocycles. The number of unbranched alkanes of at least 4 members (excludes halogenated alkanes) is 2. The Kier molecular flexibility index (Phi) is 10.8. The maximum Gasteiger partial charge on any atom is 0.469 e. The third-order valence-electron chi connectivity index (χ3n) is 1.87. The van der Waals surface area contributed by atoms with Crippen LogP contribution in [-0.4, -0.2) is 15.9 Å². The molecule has 0 amide bonds. The van der Waals surface area contributed by atoms with E-state index >= 15 is 0 Å². The quantitative estimate of drug-likeness (QED) is 0.425. The van der Waals surface area contributed by atoms with Crippen molar-refractivity contribution in [3.63, 3.8) is 0 Å². The first kappa shape index (κ1) is 17.0. The minimum Gasteiger partial charge on any atom is -0.303 e. The van der Waals surface area contributed by atoms with E-state index in [9.17, 15) is 4.57 Å². The first-order valence-corrected chi connectivity index (χ1v) is 6.26. The summed E-state index contributed by atoms with van der Waals surface area (Å²) in [5.41, 5.74) is 0. The van der Waals surface area contributed by atoms with Crippen LogP contribution in [-0.2, 0) is 26.2 Å². The fourth-order valence-corrected chi connectivity index (χ4v) is 1.79. The molecule has 0 aliphatic rings. The maximum atomic E-state index is 10.5. The van der Waals surface area contributed by atoms with E-state index in [1.807, 2.05) is 6.92 Å². The van der Waals surface area contributed by atoms with Crippen LogP contribution in [0.1, 0.15) is 46.0 Å². The van der Waals surface area contributed by atoms with Gasteiger partial charge in [-0.25, -0.2) is 4.57 Å². The molecule has 1 atom stereocenters. The van der Waals surface area contributed by atoms with E-state index in [0.717, 1.165) is 25.7 Å². The van der Waals surface area contributed by atoms with Gasteiger partial charge in [0.05, 0.1) is 6.10 Å². The van der Waals surface area contributed by atoms with E-state index in [-0.39, 0.29) is 23.2 Å². The molecule has 4 nitrogen and oxygen atoms in total. The molecule has 2 N–H and O–H groups in total. The number of rotatable bonds is 7. The van der Waals surface area contributed by atoms with E-state index in [0.29, 0.717) is 6.42 Å². The zero-order valence-corrected chi connectivity index (χ0v) is 10.4. The van der Waals surface area contributed by atoms with Gasteiger partial charge in [-0.2, -0.15) is 0 Å². The monoisotopic (exact) mass is 273 g/mol. The van der Waals surface area contributed by atoms with E-state index in [1.54, 1.807) is 0 Å². The summed E-state index contributed by atoms with van der Waals surface area (Å²) in [6, 6.07) is 0. The molecule has 1 unspecified atom stereocenters. The Labute approximate surface area is 96.1 Å². The van der Waals surface area contributed by atoms with Gasteiger partial charge >= 0.3 is 7.82 Å². The Balaban J connectivity index is 0. The van der Waals surface area contributed by atoms with Crippen LogP contribution in [0.3, 0.4) is 0 Å². The van der Waals surface area contributed by atoms with Crippen LogP contribution in [0.4, 0.5) is 0 Å². The van der Waals surface area contributed by atoms with Gasteiger partial charge in [0.25, 0.3) is 0 Å². The van der Waals surface area contributed by atoms with E-state index in [4.69, 9.17) is 9.79 Å². The Hall–Kier alpha value is 0.629. The third kappa shape index (κ3) is 10.7. The third-order valence-corrected chi connectivity index (χ3v) is 2.44. The van der Waals surface area contributed by atoms with Crippen LogP contribution in [0.5, 0.6) is 0 Å². The summed E-state index contributed by atoms with van der Waals surface area (Å²) >= 11 is 0. The summed E-state index contributed by atoms with van der Waals surface area (Å²) in [6.07, 6.45) is 4.24. The zero-order chi connectivity index (χ0) is 10.3. The normalized spacial score (nSPS) is 13.4. The molecule has 0 aromatic heterocycles. The standard InChI is InChI=1S/C8H19O4P.Cu/c1-3-5-6-7-8(4-2)12-13(9,10)11;/h8H,3-7H2,1-2H3,(H2,9,10,11);. The Morgan fingerprint density at radius 1 is 1.29 bits per heavy atom. The van der Waals surface area contributed by atoms with Crippen molar-refractivity contribution in [1.29, 1.82) is 0 Å². The molecule has 0 aromatic rings. The second-order valence-electron chi connectivity index (χ2n) is 3.12. The summed E-state index contributed by atoms with van der Waals surface area (Å²) in [4.78, 5) is 17.1. The van der Waals surface area contributed by atoms with Crippen molar-refractivity contribution in [3.8, 4) is 0 Å². The molecule has 0 saturated carbocycles. The second kappa shape index (κ2) is 8.90. The summed E-state index contributed by atoms with van der Waals surface area (Å²) < 4.78 is 15.1. The molecule has 0 heterocycles. The van der Waals surface area contributed by atoms with Crippen LogP contribution in [0, 0.1) is 0 Å². The summed E-state index contributed by atoms with van der Waals surface area (Å²) in [5, 5.41) is 0. The molecular weight excluding hydrogens is 255 g/mol. The fourth-order valence-electron chi connectivity index (χ4n) is 1.15. The number of hydrogen-bond acceptors (Lipinski definition) is 2. The smallest absolute Gasteiger partial charge is 0.303 e. The zero-order valence-electron chi connectivity index (χ0n) is 8.57.